The van der Waals surface area contributed by atoms with E-state index in [4.69, 9.17) is 11.6 Å². The molecule has 1 heterocycles. The molecule has 0 saturated carbocycles. The number of halogens is 1. The van der Waals surface area contributed by atoms with Gasteiger partial charge in [-0.1, -0.05) is 24.3 Å². The molecule has 86 valence electrons. The normalized spacial score (nSPS) is 16.2. The minimum Gasteiger partial charge on any atom is -0.341 e. The largest absolute Gasteiger partial charge is 0.341 e. The summed E-state index contributed by atoms with van der Waals surface area (Å²) in [4.78, 5) is 13.4. The van der Waals surface area contributed by atoms with E-state index in [0.717, 1.165) is 32.4 Å². The summed E-state index contributed by atoms with van der Waals surface area (Å²) < 4.78 is 0. The number of carbonyl (C=O) groups is 1. The van der Waals surface area contributed by atoms with Gasteiger partial charge < -0.3 is 4.90 Å². The lowest BCUT2D eigenvalue weighted by Gasteiger charge is -2.25. The Morgan fingerprint density at radius 2 is 1.88 bits per heavy atom. The van der Waals surface area contributed by atoms with Crippen LogP contribution in [0.4, 0.5) is 0 Å². The van der Waals surface area contributed by atoms with Gasteiger partial charge in [0.2, 0.25) is 5.91 Å². The number of hydrogen-bond acceptors (Lipinski definition) is 1. The van der Waals surface area contributed by atoms with E-state index in [1.54, 1.807) is 0 Å². The fourth-order valence-corrected chi connectivity index (χ4v) is 2.38. The van der Waals surface area contributed by atoms with Gasteiger partial charge in [-0.2, -0.15) is 0 Å². The molecule has 2 nitrogen and oxygen atoms in total. The molecular weight excluding hydrogens is 222 g/mol. The Morgan fingerprint density at radius 3 is 2.56 bits per heavy atom. The van der Waals surface area contributed by atoms with E-state index < -0.39 is 0 Å². The van der Waals surface area contributed by atoms with Crippen molar-refractivity contribution in [2.75, 3.05) is 19.0 Å². The SMILES string of the molecule is O=C(CCl)N1CCCc2ccccc2CC1. The van der Waals surface area contributed by atoms with Crippen molar-refractivity contribution < 1.29 is 4.79 Å². The third kappa shape index (κ3) is 2.56. The highest BCUT2D eigenvalue weighted by molar-refractivity contribution is 6.27. The first-order valence-corrected chi connectivity index (χ1v) is 6.25. The Hall–Kier alpha value is -1.02. The molecule has 0 bridgehead atoms. The second-order valence-corrected chi connectivity index (χ2v) is 4.40. The van der Waals surface area contributed by atoms with Gasteiger partial charge in [-0.15, -0.1) is 11.6 Å². The van der Waals surface area contributed by atoms with Crippen LogP contribution in [0.5, 0.6) is 0 Å². The zero-order valence-corrected chi connectivity index (χ0v) is 10.0. The van der Waals surface area contributed by atoms with Crippen LogP contribution >= 0.6 is 11.6 Å². The topological polar surface area (TPSA) is 20.3 Å². The van der Waals surface area contributed by atoms with E-state index in [1.165, 1.54) is 11.1 Å². The monoisotopic (exact) mass is 237 g/mol. The molecule has 0 unspecified atom stereocenters. The zero-order chi connectivity index (χ0) is 11.4. The Kier molecular flexibility index (Phi) is 3.83. The van der Waals surface area contributed by atoms with Gasteiger partial charge in [0.1, 0.15) is 5.88 Å². The molecule has 1 aliphatic rings. The first-order valence-electron chi connectivity index (χ1n) is 5.72. The quantitative estimate of drug-likeness (QED) is 0.686. The molecule has 0 fully saturated rings. The number of benzene rings is 1. The van der Waals surface area contributed by atoms with Crippen LogP contribution in [0.3, 0.4) is 0 Å². The molecular formula is C13H16ClNO. The van der Waals surface area contributed by atoms with Gasteiger partial charge in [-0.25, -0.2) is 0 Å². The summed E-state index contributed by atoms with van der Waals surface area (Å²) in [7, 11) is 0. The summed E-state index contributed by atoms with van der Waals surface area (Å²) in [6.07, 6.45) is 3.03. The van der Waals surface area contributed by atoms with Gasteiger partial charge in [-0.3, -0.25) is 4.79 Å². The summed E-state index contributed by atoms with van der Waals surface area (Å²) in [6, 6.07) is 8.49. The summed E-state index contributed by atoms with van der Waals surface area (Å²) in [5.74, 6) is 0.155. The Labute approximate surface area is 101 Å². The molecule has 2 rings (SSSR count). The van der Waals surface area contributed by atoms with Gasteiger partial charge in [0.05, 0.1) is 0 Å². The maximum absolute atomic E-state index is 11.5. The predicted octanol–water partition coefficient (Wildman–Crippen LogP) is 2.24. The molecule has 0 aliphatic carbocycles. The first kappa shape index (κ1) is 11.5. The number of nitrogens with zero attached hydrogens (tertiary/aromatic N) is 1. The standard InChI is InChI=1S/C13H16ClNO/c14-10-13(16)15-8-3-6-11-4-1-2-5-12(11)7-9-15/h1-2,4-5H,3,6-10H2. The number of amides is 1. The van der Waals surface area contributed by atoms with Gasteiger partial charge in [0.25, 0.3) is 0 Å². The predicted molar refractivity (Wildman–Crippen MR) is 65.8 cm³/mol. The maximum atomic E-state index is 11.5. The van der Waals surface area contributed by atoms with Crippen molar-refractivity contribution in [3.05, 3.63) is 35.4 Å². The second-order valence-electron chi connectivity index (χ2n) is 4.14. The number of alkyl halides is 1. The van der Waals surface area contributed by atoms with E-state index >= 15 is 0 Å². The van der Waals surface area contributed by atoms with Crippen LogP contribution in [0, 0.1) is 0 Å². The van der Waals surface area contributed by atoms with E-state index in [0.29, 0.717) is 0 Å². The minimum absolute atomic E-state index is 0.0565. The Balaban J connectivity index is 2.10. The number of aryl methyl sites for hydroxylation is 1. The molecule has 16 heavy (non-hydrogen) atoms. The average Bonchev–Trinajstić information content (AvgIpc) is 2.29. The highest BCUT2D eigenvalue weighted by atomic mass is 35.5. The van der Waals surface area contributed by atoms with Crippen LogP contribution in [0.15, 0.2) is 24.3 Å². The van der Waals surface area contributed by atoms with E-state index in [2.05, 4.69) is 24.3 Å². The van der Waals surface area contributed by atoms with E-state index in [9.17, 15) is 4.79 Å². The number of rotatable bonds is 1. The summed E-state index contributed by atoms with van der Waals surface area (Å²) >= 11 is 5.59. The van der Waals surface area contributed by atoms with E-state index in [1.807, 2.05) is 4.90 Å². The van der Waals surface area contributed by atoms with Crippen LogP contribution in [0.25, 0.3) is 0 Å². The zero-order valence-electron chi connectivity index (χ0n) is 9.29. The van der Waals surface area contributed by atoms with Gasteiger partial charge in [-0.05, 0) is 30.4 Å². The van der Waals surface area contributed by atoms with Crippen molar-refractivity contribution in [3.63, 3.8) is 0 Å². The molecule has 1 aliphatic heterocycles. The third-order valence-corrected chi connectivity index (χ3v) is 3.34. The molecule has 0 aromatic heterocycles. The Bertz CT molecular complexity index is 378. The lowest BCUT2D eigenvalue weighted by molar-refractivity contribution is -0.128. The van der Waals surface area contributed by atoms with Crippen molar-refractivity contribution in [2.45, 2.75) is 19.3 Å². The molecule has 0 saturated heterocycles. The average molecular weight is 238 g/mol. The molecule has 0 atom stereocenters. The lowest BCUT2D eigenvalue weighted by atomic mass is 9.98. The minimum atomic E-state index is 0.0565. The fraction of sp³-hybridized carbons (Fsp3) is 0.462. The van der Waals surface area contributed by atoms with Crippen molar-refractivity contribution >= 4 is 17.5 Å². The lowest BCUT2D eigenvalue weighted by Crippen LogP contribution is -2.36. The van der Waals surface area contributed by atoms with Crippen LogP contribution in [0.2, 0.25) is 0 Å². The fourth-order valence-electron chi connectivity index (χ4n) is 2.21. The molecule has 0 N–H and O–H groups in total. The van der Waals surface area contributed by atoms with Crippen LogP contribution in [-0.2, 0) is 17.6 Å². The molecule has 3 heteroatoms. The summed E-state index contributed by atoms with van der Waals surface area (Å²) in [6.45, 7) is 1.63. The number of carbonyl (C=O) groups excluding carboxylic acids is 1. The highest BCUT2D eigenvalue weighted by Crippen LogP contribution is 2.15. The first-order chi connectivity index (χ1) is 7.81. The van der Waals surface area contributed by atoms with Crippen molar-refractivity contribution in [1.29, 1.82) is 0 Å². The molecule has 0 radical (unpaired) electrons. The summed E-state index contributed by atoms with van der Waals surface area (Å²) in [5.41, 5.74) is 2.80. The molecule has 1 aromatic carbocycles. The van der Waals surface area contributed by atoms with Crippen LogP contribution < -0.4 is 0 Å². The molecule has 0 spiro atoms. The maximum Gasteiger partial charge on any atom is 0.237 e. The van der Waals surface area contributed by atoms with Crippen LogP contribution in [0.1, 0.15) is 17.5 Å². The molecule has 1 amide bonds. The van der Waals surface area contributed by atoms with E-state index in [-0.39, 0.29) is 11.8 Å². The van der Waals surface area contributed by atoms with Crippen molar-refractivity contribution in [3.8, 4) is 0 Å². The Morgan fingerprint density at radius 1 is 1.19 bits per heavy atom. The van der Waals surface area contributed by atoms with Crippen LogP contribution in [-0.4, -0.2) is 29.8 Å². The van der Waals surface area contributed by atoms with Gasteiger partial charge >= 0.3 is 0 Å². The number of fused-ring (bicyclic) bond motifs is 1. The second kappa shape index (κ2) is 5.35. The number of hydrogen-bond donors (Lipinski definition) is 0. The van der Waals surface area contributed by atoms with Gasteiger partial charge in [0, 0.05) is 13.1 Å². The van der Waals surface area contributed by atoms with Crippen molar-refractivity contribution in [1.82, 2.24) is 4.90 Å². The summed E-state index contributed by atoms with van der Waals surface area (Å²) in [5, 5.41) is 0. The van der Waals surface area contributed by atoms with Crippen molar-refractivity contribution in [2.24, 2.45) is 0 Å². The molecule has 1 aromatic rings. The van der Waals surface area contributed by atoms with Gasteiger partial charge in [0.15, 0.2) is 0 Å². The highest BCUT2D eigenvalue weighted by Gasteiger charge is 2.15. The third-order valence-electron chi connectivity index (χ3n) is 3.11. The smallest absolute Gasteiger partial charge is 0.237 e.